The number of benzene rings is 2. The van der Waals surface area contributed by atoms with Crippen LogP contribution < -0.4 is 14.2 Å². The third kappa shape index (κ3) is 6.61. The molecule has 0 aliphatic carbocycles. The van der Waals surface area contributed by atoms with Crippen molar-refractivity contribution in [3.05, 3.63) is 47.5 Å². The summed E-state index contributed by atoms with van der Waals surface area (Å²) in [6, 6.07) is 10.9. The highest BCUT2D eigenvalue weighted by molar-refractivity contribution is 7.92. The van der Waals surface area contributed by atoms with E-state index in [9.17, 15) is 8.42 Å². The molecule has 0 heterocycles. The van der Waals surface area contributed by atoms with E-state index in [1.807, 2.05) is 13.8 Å². The van der Waals surface area contributed by atoms with Crippen LogP contribution in [0, 0.1) is 5.92 Å². The number of hydrogen-bond donors (Lipinski definition) is 1. The maximum absolute atomic E-state index is 12.5. The lowest BCUT2D eigenvalue weighted by atomic mass is 10.2. The molecular formula is C19H24ClNO5S. The second-order valence-corrected chi connectivity index (χ2v) is 8.36. The Morgan fingerprint density at radius 3 is 2.33 bits per heavy atom. The second-order valence-electron chi connectivity index (χ2n) is 6.27. The van der Waals surface area contributed by atoms with Gasteiger partial charge in [0.1, 0.15) is 18.1 Å². The van der Waals surface area contributed by atoms with Gasteiger partial charge in [-0.25, -0.2) is 8.42 Å². The molecule has 6 nitrogen and oxygen atoms in total. The first-order valence-corrected chi connectivity index (χ1v) is 10.3. The van der Waals surface area contributed by atoms with E-state index in [4.69, 9.17) is 25.8 Å². The maximum atomic E-state index is 12.5. The SMILES string of the molecule is COCCOc1ccc(S(=O)(=O)Nc2ccc(OCC(C)C)c(Cl)c2)cc1. The van der Waals surface area contributed by atoms with Crippen molar-refractivity contribution in [1.82, 2.24) is 0 Å². The standard InChI is InChI=1S/C19H24ClNO5S/c1-14(2)13-26-19-9-4-15(12-18(19)20)21-27(22,23)17-7-5-16(6-8-17)25-11-10-24-3/h4-9,12,14,21H,10-11,13H2,1-3H3. The van der Waals surface area contributed by atoms with Gasteiger partial charge in [-0.3, -0.25) is 4.72 Å². The number of hydrogen-bond acceptors (Lipinski definition) is 5. The molecule has 0 saturated heterocycles. The van der Waals surface area contributed by atoms with E-state index in [2.05, 4.69) is 4.72 Å². The predicted octanol–water partition coefficient (Wildman–Crippen LogP) is 4.20. The number of nitrogens with one attached hydrogen (secondary N) is 1. The second kappa shape index (κ2) is 9.82. The summed E-state index contributed by atoms with van der Waals surface area (Å²) in [5.41, 5.74) is 0.359. The average molecular weight is 414 g/mol. The number of rotatable bonds is 10. The zero-order chi connectivity index (χ0) is 19.9. The lowest BCUT2D eigenvalue weighted by Gasteiger charge is -2.13. The molecule has 2 rings (SSSR count). The first-order chi connectivity index (χ1) is 12.8. The van der Waals surface area contributed by atoms with Crippen molar-refractivity contribution in [2.45, 2.75) is 18.7 Å². The van der Waals surface area contributed by atoms with Crippen LogP contribution in [0.2, 0.25) is 5.02 Å². The molecular weight excluding hydrogens is 390 g/mol. The van der Waals surface area contributed by atoms with Crippen molar-refractivity contribution in [3.8, 4) is 11.5 Å². The molecule has 27 heavy (non-hydrogen) atoms. The largest absolute Gasteiger partial charge is 0.492 e. The Morgan fingerprint density at radius 1 is 1.04 bits per heavy atom. The van der Waals surface area contributed by atoms with Crippen molar-refractivity contribution in [2.24, 2.45) is 5.92 Å². The average Bonchev–Trinajstić information content (AvgIpc) is 2.61. The first-order valence-electron chi connectivity index (χ1n) is 8.49. The van der Waals surface area contributed by atoms with Crippen molar-refractivity contribution in [1.29, 1.82) is 0 Å². The highest BCUT2D eigenvalue weighted by atomic mass is 35.5. The van der Waals surface area contributed by atoms with E-state index in [1.54, 1.807) is 31.4 Å². The van der Waals surface area contributed by atoms with Gasteiger partial charge in [-0.15, -0.1) is 0 Å². The summed E-state index contributed by atoms with van der Waals surface area (Å²) in [6.07, 6.45) is 0. The van der Waals surface area contributed by atoms with Gasteiger partial charge in [0.15, 0.2) is 0 Å². The van der Waals surface area contributed by atoms with Crippen LogP contribution in [0.4, 0.5) is 5.69 Å². The minimum absolute atomic E-state index is 0.123. The van der Waals surface area contributed by atoms with Crippen LogP contribution in [-0.2, 0) is 14.8 Å². The number of ether oxygens (including phenoxy) is 3. The summed E-state index contributed by atoms with van der Waals surface area (Å²) in [6.45, 7) is 5.45. The number of anilines is 1. The lowest BCUT2D eigenvalue weighted by Crippen LogP contribution is -2.13. The minimum Gasteiger partial charge on any atom is -0.492 e. The zero-order valence-electron chi connectivity index (χ0n) is 15.6. The van der Waals surface area contributed by atoms with Crippen molar-refractivity contribution in [2.75, 3.05) is 31.7 Å². The van der Waals surface area contributed by atoms with E-state index < -0.39 is 10.0 Å². The fourth-order valence-electron chi connectivity index (χ4n) is 2.11. The van der Waals surface area contributed by atoms with Gasteiger partial charge in [0, 0.05) is 7.11 Å². The Balaban J connectivity index is 2.06. The molecule has 1 N–H and O–H groups in total. The zero-order valence-corrected chi connectivity index (χ0v) is 17.1. The molecule has 0 unspecified atom stereocenters. The van der Waals surface area contributed by atoms with Crippen LogP contribution >= 0.6 is 11.6 Å². The molecule has 0 aliphatic heterocycles. The van der Waals surface area contributed by atoms with Crippen molar-refractivity contribution in [3.63, 3.8) is 0 Å². The Morgan fingerprint density at radius 2 is 1.74 bits per heavy atom. The molecule has 0 amide bonds. The monoisotopic (exact) mass is 413 g/mol. The lowest BCUT2D eigenvalue weighted by molar-refractivity contribution is 0.146. The van der Waals surface area contributed by atoms with Gasteiger partial charge in [-0.05, 0) is 48.4 Å². The van der Waals surface area contributed by atoms with Gasteiger partial charge in [0.25, 0.3) is 10.0 Å². The smallest absolute Gasteiger partial charge is 0.261 e. The summed E-state index contributed by atoms with van der Waals surface area (Å²) in [4.78, 5) is 0.123. The molecule has 0 atom stereocenters. The van der Waals surface area contributed by atoms with E-state index in [0.29, 0.717) is 47.9 Å². The normalized spacial score (nSPS) is 11.4. The molecule has 0 spiro atoms. The molecule has 0 radical (unpaired) electrons. The van der Waals surface area contributed by atoms with Crippen LogP contribution in [0.15, 0.2) is 47.4 Å². The summed E-state index contributed by atoms with van der Waals surface area (Å²) < 4.78 is 43.5. The van der Waals surface area contributed by atoms with Crippen LogP contribution in [0.25, 0.3) is 0 Å². The fourth-order valence-corrected chi connectivity index (χ4v) is 3.39. The third-order valence-electron chi connectivity index (χ3n) is 3.45. The molecule has 0 bridgehead atoms. The fraction of sp³-hybridized carbons (Fsp3) is 0.368. The third-order valence-corrected chi connectivity index (χ3v) is 5.14. The maximum Gasteiger partial charge on any atom is 0.261 e. The molecule has 2 aromatic rings. The summed E-state index contributed by atoms with van der Waals surface area (Å²) in [5, 5.41) is 0.345. The van der Waals surface area contributed by atoms with Crippen molar-refractivity contribution < 1.29 is 22.6 Å². The van der Waals surface area contributed by atoms with Gasteiger partial charge in [0.05, 0.1) is 28.8 Å². The highest BCUT2D eigenvalue weighted by Gasteiger charge is 2.15. The molecule has 0 aliphatic rings. The van der Waals surface area contributed by atoms with Gasteiger partial charge >= 0.3 is 0 Å². The van der Waals surface area contributed by atoms with Gasteiger partial charge in [-0.1, -0.05) is 25.4 Å². The summed E-state index contributed by atoms with van der Waals surface area (Å²) in [7, 11) is -2.16. The van der Waals surface area contributed by atoms with E-state index in [-0.39, 0.29) is 4.90 Å². The summed E-state index contributed by atoms with van der Waals surface area (Å²) in [5.74, 6) is 1.45. The van der Waals surface area contributed by atoms with Crippen LogP contribution in [-0.4, -0.2) is 35.3 Å². The van der Waals surface area contributed by atoms with Crippen molar-refractivity contribution >= 4 is 27.3 Å². The van der Waals surface area contributed by atoms with Crippen LogP contribution in [0.3, 0.4) is 0 Å². The Labute approximate surface area is 165 Å². The molecule has 0 aromatic heterocycles. The number of methoxy groups -OCH3 is 1. The number of sulfonamides is 1. The Bertz CT molecular complexity index is 838. The first kappa shape index (κ1) is 21.3. The highest BCUT2D eigenvalue weighted by Crippen LogP contribution is 2.29. The molecule has 8 heteroatoms. The predicted molar refractivity (Wildman–Crippen MR) is 106 cm³/mol. The molecule has 0 fully saturated rings. The van der Waals surface area contributed by atoms with Crippen LogP contribution in [0.5, 0.6) is 11.5 Å². The van der Waals surface area contributed by atoms with Crippen LogP contribution in [0.1, 0.15) is 13.8 Å². The quantitative estimate of drug-likeness (QED) is 0.591. The molecule has 148 valence electrons. The van der Waals surface area contributed by atoms with E-state index >= 15 is 0 Å². The van der Waals surface area contributed by atoms with Gasteiger partial charge in [0.2, 0.25) is 0 Å². The van der Waals surface area contributed by atoms with E-state index in [0.717, 1.165) is 0 Å². The molecule has 2 aromatic carbocycles. The Hall–Kier alpha value is -1.96. The summed E-state index contributed by atoms with van der Waals surface area (Å²) >= 11 is 6.18. The topological polar surface area (TPSA) is 73.9 Å². The van der Waals surface area contributed by atoms with E-state index in [1.165, 1.54) is 18.2 Å². The van der Waals surface area contributed by atoms with Gasteiger partial charge < -0.3 is 14.2 Å². The number of halogens is 1. The van der Waals surface area contributed by atoms with Gasteiger partial charge in [-0.2, -0.15) is 0 Å². The minimum atomic E-state index is -3.74. The molecule has 0 saturated carbocycles. The Kier molecular flexibility index (Phi) is 7.77.